The van der Waals surface area contributed by atoms with Gasteiger partial charge < -0.3 is 20.3 Å². The SMILES string of the molecule is CC1CN(c2ccc(CNC(=O)C3CCNCC3)cn2)CC(C)O1. The zero-order chi connectivity index (χ0) is 16.9. The van der Waals surface area contributed by atoms with Crippen LogP contribution in [0.1, 0.15) is 32.3 Å². The molecule has 2 atom stereocenters. The second-order valence-electron chi connectivity index (χ2n) is 6.93. The molecule has 0 radical (unpaired) electrons. The molecule has 2 aliphatic heterocycles. The Morgan fingerprint density at radius 2 is 2.00 bits per heavy atom. The predicted octanol–water partition coefficient (Wildman–Crippen LogP) is 1.31. The smallest absolute Gasteiger partial charge is 0.223 e. The number of rotatable bonds is 4. The molecule has 2 fully saturated rings. The summed E-state index contributed by atoms with van der Waals surface area (Å²) >= 11 is 0. The van der Waals surface area contributed by atoms with E-state index in [0.29, 0.717) is 6.54 Å². The van der Waals surface area contributed by atoms with Crippen LogP contribution in [0.15, 0.2) is 18.3 Å². The molecule has 24 heavy (non-hydrogen) atoms. The first kappa shape index (κ1) is 17.2. The highest BCUT2D eigenvalue weighted by Gasteiger charge is 2.23. The first-order valence-corrected chi connectivity index (χ1v) is 8.95. The van der Waals surface area contributed by atoms with E-state index >= 15 is 0 Å². The molecule has 0 bridgehead atoms. The van der Waals surface area contributed by atoms with Crippen LogP contribution in [0.3, 0.4) is 0 Å². The number of aromatic nitrogens is 1. The Labute approximate surface area is 144 Å². The molecule has 6 nitrogen and oxygen atoms in total. The number of anilines is 1. The van der Waals surface area contributed by atoms with Gasteiger partial charge in [0, 0.05) is 31.7 Å². The summed E-state index contributed by atoms with van der Waals surface area (Å²) in [6, 6.07) is 4.09. The van der Waals surface area contributed by atoms with E-state index in [1.54, 1.807) is 0 Å². The molecule has 2 aliphatic rings. The van der Waals surface area contributed by atoms with Gasteiger partial charge >= 0.3 is 0 Å². The van der Waals surface area contributed by atoms with Gasteiger partial charge in [-0.3, -0.25) is 4.79 Å². The molecule has 0 saturated carbocycles. The van der Waals surface area contributed by atoms with Crippen LogP contribution in [0, 0.1) is 5.92 Å². The van der Waals surface area contributed by atoms with Crippen LogP contribution < -0.4 is 15.5 Å². The molecule has 3 heterocycles. The van der Waals surface area contributed by atoms with Gasteiger partial charge in [-0.25, -0.2) is 4.98 Å². The maximum absolute atomic E-state index is 12.2. The lowest BCUT2D eigenvalue weighted by molar-refractivity contribution is -0.125. The summed E-state index contributed by atoms with van der Waals surface area (Å²) in [6.07, 6.45) is 4.16. The summed E-state index contributed by atoms with van der Waals surface area (Å²) in [5, 5.41) is 6.32. The Balaban J connectivity index is 1.51. The largest absolute Gasteiger partial charge is 0.372 e. The summed E-state index contributed by atoms with van der Waals surface area (Å²) in [5.41, 5.74) is 1.04. The van der Waals surface area contributed by atoms with Crippen molar-refractivity contribution >= 4 is 11.7 Å². The van der Waals surface area contributed by atoms with E-state index in [9.17, 15) is 4.79 Å². The van der Waals surface area contributed by atoms with Crippen LogP contribution in [-0.4, -0.2) is 49.3 Å². The van der Waals surface area contributed by atoms with Crippen molar-refractivity contribution in [3.63, 3.8) is 0 Å². The molecule has 132 valence electrons. The lowest BCUT2D eigenvalue weighted by Crippen LogP contribution is -2.45. The summed E-state index contributed by atoms with van der Waals surface area (Å²) in [6.45, 7) is 8.33. The van der Waals surface area contributed by atoms with E-state index in [0.717, 1.165) is 50.4 Å². The van der Waals surface area contributed by atoms with Crippen molar-refractivity contribution in [3.8, 4) is 0 Å². The summed E-state index contributed by atoms with van der Waals surface area (Å²) in [7, 11) is 0. The number of nitrogens with zero attached hydrogens (tertiary/aromatic N) is 2. The number of hydrogen-bond donors (Lipinski definition) is 2. The van der Waals surface area contributed by atoms with Gasteiger partial charge in [-0.15, -0.1) is 0 Å². The van der Waals surface area contributed by atoms with Crippen molar-refractivity contribution in [2.24, 2.45) is 5.92 Å². The summed E-state index contributed by atoms with van der Waals surface area (Å²) in [4.78, 5) is 19.0. The van der Waals surface area contributed by atoms with Gasteiger partial charge in [0.25, 0.3) is 0 Å². The van der Waals surface area contributed by atoms with E-state index in [1.165, 1.54) is 0 Å². The Morgan fingerprint density at radius 3 is 2.62 bits per heavy atom. The maximum Gasteiger partial charge on any atom is 0.223 e. The highest BCUT2D eigenvalue weighted by atomic mass is 16.5. The van der Waals surface area contributed by atoms with Crippen molar-refractivity contribution in [2.75, 3.05) is 31.1 Å². The number of piperidine rings is 1. The lowest BCUT2D eigenvalue weighted by Gasteiger charge is -2.36. The van der Waals surface area contributed by atoms with Crippen molar-refractivity contribution in [1.29, 1.82) is 0 Å². The minimum absolute atomic E-state index is 0.148. The van der Waals surface area contributed by atoms with Crippen LogP contribution >= 0.6 is 0 Å². The third kappa shape index (κ3) is 4.45. The number of carbonyl (C=O) groups is 1. The second kappa shape index (κ2) is 7.94. The fourth-order valence-corrected chi connectivity index (χ4v) is 3.49. The van der Waals surface area contributed by atoms with Gasteiger partial charge in [0.05, 0.1) is 12.2 Å². The molecule has 2 unspecified atom stereocenters. The van der Waals surface area contributed by atoms with Gasteiger partial charge in [-0.05, 0) is 51.4 Å². The van der Waals surface area contributed by atoms with Crippen LogP contribution in [0.4, 0.5) is 5.82 Å². The number of morpholine rings is 1. The zero-order valence-corrected chi connectivity index (χ0v) is 14.6. The predicted molar refractivity (Wildman–Crippen MR) is 93.9 cm³/mol. The molecule has 3 rings (SSSR count). The van der Waals surface area contributed by atoms with Crippen molar-refractivity contribution in [2.45, 2.75) is 45.4 Å². The molecule has 2 saturated heterocycles. The van der Waals surface area contributed by atoms with Gasteiger partial charge in [0.1, 0.15) is 5.82 Å². The van der Waals surface area contributed by atoms with E-state index in [2.05, 4.69) is 40.4 Å². The molecule has 2 N–H and O–H groups in total. The average Bonchev–Trinajstić information content (AvgIpc) is 2.60. The van der Waals surface area contributed by atoms with Crippen molar-refractivity contribution < 1.29 is 9.53 Å². The van der Waals surface area contributed by atoms with Gasteiger partial charge in [-0.2, -0.15) is 0 Å². The van der Waals surface area contributed by atoms with Crippen molar-refractivity contribution in [1.82, 2.24) is 15.6 Å². The van der Waals surface area contributed by atoms with E-state index in [1.807, 2.05) is 12.3 Å². The Hall–Kier alpha value is -1.66. The first-order valence-electron chi connectivity index (χ1n) is 8.95. The Morgan fingerprint density at radius 1 is 1.29 bits per heavy atom. The zero-order valence-electron chi connectivity index (χ0n) is 14.6. The number of carbonyl (C=O) groups excluding carboxylic acids is 1. The average molecular weight is 332 g/mol. The number of nitrogens with one attached hydrogen (secondary N) is 2. The normalized spacial score (nSPS) is 25.5. The summed E-state index contributed by atoms with van der Waals surface area (Å²) < 4.78 is 5.76. The number of ether oxygens (including phenoxy) is 1. The fourth-order valence-electron chi connectivity index (χ4n) is 3.49. The molecule has 1 amide bonds. The van der Waals surface area contributed by atoms with E-state index in [-0.39, 0.29) is 24.0 Å². The van der Waals surface area contributed by atoms with Crippen LogP contribution in [-0.2, 0) is 16.1 Å². The molecule has 1 aromatic heterocycles. The van der Waals surface area contributed by atoms with Crippen molar-refractivity contribution in [3.05, 3.63) is 23.9 Å². The monoisotopic (exact) mass is 332 g/mol. The van der Waals surface area contributed by atoms with Crippen LogP contribution in [0.2, 0.25) is 0 Å². The highest BCUT2D eigenvalue weighted by molar-refractivity contribution is 5.78. The van der Waals surface area contributed by atoms with Gasteiger partial charge in [0.2, 0.25) is 5.91 Å². The molecule has 0 spiro atoms. The third-order valence-corrected chi connectivity index (χ3v) is 4.73. The molecule has 6 heteroatoms. The molecular formula is C18H28N4O2. The van der Waals surface area contributed by atoms with Gasteiger partial charge in [0.15, 0.2) is 0 Å². The van der Waals surface area contributed by atoms with Crippen LogP contribution in [0.5, 0.6) is 0 Å². The highest BCUT2D eigenvalue weighted by Crippen LogP contribution is 2.18. The molecule has 1 aromatic rings. The molecular weight excluding hydrogens is 304 g/mol. The number of hydrogen-bond acceptors (Lipinski definition) is 5. The van der Waals surface area contributed by atoms with E-state index < -0.39 is 0 Å². The minimum atomic E-state index is 0.148. The minimum Gasteiger partial charge on any atom is -0.372 e. The Kier molecular flexibility index (Phi) is 5.68. The van der Waals surface area contributed by atoms with Crippen LogP contribution in [0.25, 0.3) is 0 Å². The summed E-state index contributed by atoms with van der Waals surface area (Å²) in [5.74, 6) is 1.29. The van der Waals surface area contributed by atoms with E-state index in [4.69, 9.17) is 4.74 Å². The maximum atomic E-state index is 12.2. The topological polar surface area (TPSA) is 66.5 Å². The number of amides is 1. The fraction of sp³-hybridized carbons (Fsp3) is 0.667. The standard InChI is InChI=1S/C18H28N4O2/c1-13-11-22(12-14(2)24-13)17-4-3-15(9-20-17)10-21-18(23)16-5-7-19-8-6-16/h3-4,9,13-14,16,19H,5-8,10-12H2,1-2H3,(H,21,23). The molecule has 0 aliphatic carbocycles. The van der Waals surface area contributed by atoms with Gasteiger partial charge in [-0.1, -0.05) is 6.07 Å². The first-order chi connectivity index (χ1) is 11.6. The number of pyridine rings is 1. The molecule has 0 aromatic carbocycles. The second-order valence-corrected chi connectivity index (χ2v) is 6.93. The lowest BCUT2D eigenvalue weighted by atomic mass is 9.97. The third-order valence-electron chi connectivity index (χ3n) is 4.73. The quantitative estimate of drug-likeness (QED) is 0.870. The Bertz CT molecular complexity index is 532.